The Morgan fingerprint density at radius 1 is 1.12 bits per heavy atom. The summed E-state index contributed by atoms with van der Waals surface area (Å²) in [5.41, 5.74) is 1.34. The zero-order valence-electron chi connectivity index (χ0n) is 9.71. The van der Waals surface area contributed by atoms with Gasteiger partial charge < -0.3 is 10.2 Å². The Hall–Kier alpha value is -1.84. The van der Waals surface area contributed by atoms with E-state index in [0.29, 0.717) is 6.42 Å². The van der Waals surface area contributed by atoms with Crippen LogP contribution in [0.15, 0.2) is 30.3 Å². The second kappa shape index (κ2) is 10.7. The highest BCUT2D eigenvalue weighted by atomic mass is 16.4. The Kier molecular flexibility index (Phi) is 9.52. The third kappa shape index (κ3) is 10.4. The van der Waals surface area contributed by atoms with Gasteiger partial charge in [0.2, 0.25) is 0 Å². The normalized spacial score (nSPS) is 8.94. The average molecular weight is 238 g/mol. The van der Waals surface area contributed by atoms with Gasteiger partial charge in [0, 0.05) is 6.42 Å². The fourth-order valence-electron chi connectivity index (χ4n) is 1.43. The van der Waals surface area contributed by atoms with Crippen molar-refractivity contribution in [2.24, 2.45) is 0 Å². The lowest BCUT2D eigenvalue weighted by atomic mass is 10.1. The van der Waals surface area contributed by atoms with Gasteiger partial charge in [0.15, 0.2) is 0 Å². The van der Waals surface area contributed by atoms with Crippen molar-refractivity contribution < 1.29 is 19.8 Å². The van der Waals surface area contributed by atoms with Crippen LogP contribution >= 0.6 is 0 Å². The van der Waals surface area contributed by atoms with Gasteiger partial charge in [0.1, 0.15) is 0 Å². The van der Waals surface area contributed by atoms with Crippen molar-refractivity contribution in [2.75, 3.05) is 0 Å². The van der Waals surface area contributed by atoms with Gasteiger partial charge in [0.25, 0.3) is 6.47 Å². The lowest BCUT2D eigenvalue weighted by molar-refractivity contribution is -0.137. The zero-order chi connectivity index (χ0) is 12.9. The summed E-state index contributed by atoms with van der Waals surface area (Å²) in [6.45, 7) is -0.250. The highest BCUT2D eigenvalue weighted by molar-refractivity contribution is 5.66. The molecule has 1 rings (SSSR count). The summed E-state index contributed by atoms with van der Waals surface area (Å²) >= 11 is 0. The molecule has 0 radical (unpaired) electrons. The number of unbranched alkanes of at least 4 members (excludes halogenated alkanes) is 2. The van der Waals surface area contributed by atoms with E-state index >= 15 is 0 Å². The molecule has 0 atom stereocenters. The van der Waals surface area contributed by atoms with E-state index in [1.165, 1.54) is 5.56 Å². The number of hydrogen-bond acceptors (Lipinski definition) is 2. The molecule has 0 saturated carbocycles. The molecule has 4 heteroatoms. The molecule has 1 aromatic carbocycles. The first-order valence-corrected chi connectivity index (χ1v) is 5.54. The lowest BCUT2D eigenvalue weighted by Gasteiger charge is -1.99. The summed E-state index contributed by atoms with van der Waals surface area (Å²) in [4.78, 5) is 18.6. The van der Waals surface area contributed by atoms with Gasteiger partial charge in [-0.1, -0.05) is 36.8 Å². The molecule has 0 heterocycles. The minimum atomic E-state index is -0.690. The molecule has 0 spiro atoms. The number of aryl methyl sites for hydroxylation is 1. The second-order valence-corrected chi connectivity index (χ2v) is 3.55. The van der Waals surface area contributed by atoms with Crippen molar-refractivity contribution in [1.82, 2.24) is 0 Å². The summed E-state index contributed by atoms with van der Waals surface area (Å²) < 4.78 is 0. The van der Waals surface area contributed by atoms with E-state index in [1.54, 1.807) is 0 Å². The predicted octanol–water partition coefficient (Wildman–Crippen LogP) is 2.57. The number of carboxylic acids is 1. The molecule has 17 heavy (non-hydrogen) atoms. The van der Waals surface area contributed by atoms with Crippen molar-refractivity contribution in [2.45, 2.75) is 32.1 Å². The Morgan fingerprint density at radius 2 is 1.71 bits per heavy atom. The fourth-order valence-corrected chi connectivity index (χ4v) is 1.43. The first kappa shape index (κ1) is 15.2. The Labute approximate surface area is 101 Å². The summed E-state index contributed by atoms with van der Waals surface area (Å²) in [5.74, 6) is -0.690. The maximum atomic E-state index is 10.2. The van der Waals surface area contributed by atoms with E-state index in [2.05, 4.69) is 12.1 Å². The SMILES string of the molecule is O=C(O)CCCCCc1ccccc1.O=CO. The monoisotopic (exact) mass is 238 g/mol. The second-order valence-electron chi connectivity index (χ2n) is 3.55. The van der Waals surface area contributed by atoms with Crippen LogP contribution in [0.4, 0.5) is 0 Å². The standard InChI is InChI=1S/C12H16O2.CH2O2/c13-12(14)10-6-2-5-9-11-7-3-1-4-8-11;2-1-3/h1,3-4,7-8H,2,5-6,9-10H2,(H,13,14);1H,(H,2,3). The number of carbonyl (C=O) groups is 2. The molecule has 0 fully saturated rings. The van der Waals surface area contributed by atoms with Crippen LogP contribution in [-0.4, -0.2) is 22.7 Å². The molecular weight excluding hydrogens is 220 g/mol. The third-order valence-corrected chi connectivity index (χ3v) is 2.20. The zero-order valence-corrected chi connectivity index (χ0v) is 9.71. The number of aliphatic carboxylic acids is 1. The van der Waals surface area contributed by atoms with Gasteiger partial charge in [-0.2, -0.15) is 0 Å². The topological polar surface area (TPSA) is 74.6 Å². The molecule has 4 nitrogen and oxygen atoms in total. The van der Waals surface area contributed by atoms with Gasteiger partial charge in [-0.25, -0.2) is 0 Å². The highest BCUT2D eigenvalue weighted by Crippen LogP contribution is 2.07. The van der Waals surface area contributed by atoms with E-state index in [1.807, 2.05) is 18.2 Å². The first-order chi connectivity index (χ1) is 8.20. The van der Waals surface area contributed by atoms with Gasteiger partial charge in [-0.15, -0.1) is 0 Å². The van der Waals surface area contributed by atoms with E-state index < -0.39 is 5.97 Å². The first-order valence-electron chi connectivity index (χ1n) is 5.54. The van der Waals surface area contributed by atoms with Crippen LogP contribution < -0.4 is 0 Å². The molecular formula is C13H18O4. The quantitative estimate of drug-likeness (QED) is 0.590. The number of hydrogen-bond donors (Lipinski definition) is 2. The van der Waals surface area contributed by atoms with Crippen LogP contribution in [0.5, 0.6) is 0 Å². The van der Waals surface area contributed by atoms with Crippen LogP contribution in [-0.2, 0) is 16.0 Å². The molecule has 1 aromatic rings. The third-order valence-electron chi connectivity index (χ3n) is 2.20. The molecule has 0 aliphatic rings. The molecule has 0 unspecified atom stereocenters. The Bertz CT molecular complexity index is 308. The maximum Gasteiger partial charge on any atom is 0.303 e. The van der Waals surface area contributed by atoms with Crippen LogP contribution in [0.2, 0.25) is 0 Å². The van der Waals surface area contributed by atoms with Crippen molar-refractivity contribution in [3.8, 4) is 0 Å². The fraction of sp³-hybridized carbons (Fsp3) is 0.385. The maximum absolute atomic E-state index is 10.2. The largest absolute Gasteiger partial charge is 0.483 e. The van der Waals surface area contributed by atoms with Crippen molar-refractivity contribution in [3.05, 3.63) is 35.9 Å². The average Bonchev–Trinajstić information content (AvgIpc) is 2.30. The summed E-state index contributed by atoms with van der Waals surface area (Å²) in [6, 6.07) is 10.3. The van der Waals surface area contributed by atoms with Crippen LogP contribution in [0, 0.1) is 0 Å². The summed E-state index contributed by atoms with van der Waals surface area (Å²) in [7, 11) is 0. The van der Waals surface area contributed by atoms with E-state index in [0.717, 1.165) is 25.7 Å². The molecule has 94 valence electrons. The lowest BCUT2D eigenvalue weighted by Crippen LogP contribution is -1.94. The van der Waals surface area contributed by atoms with Gasteiger partial charge in [0.05, 0.1) is 0 Å². The van der Waals surface area contributed by atoms with Crippen molar-refractivity contribution in [3.63, 3.8) is 0 Å². The van der Waals surface area contributed by atoms with E-state index in [9.17, 15) is 4.79 Å². The molecule has 0 aromatic heterocycles. The minimum Gasteiger partial charge on any atom is -0.483 e. The van der Waals surface area contributed by atoms with Crippen LogP contribution in [0.3, 0.4) is 0 Å². The Morgan fingerprint density at radius 3 is 2.24 bits per heavy atom. The minimum absolute atomic E-state index is 0.250. The molecule has 0 aliphatic heterocycles. The number of carboxylic acid groups (broad SMARTS) is 2. The van der Waals surface area contributed by atoms with Crippen molar-refractivity contribution in [1.29, 1.82) is 0 Å². The van der Waals surface area contributed by atoms with Crippen molar-refractivity contribution >= 4 is 12.4 Å². The molecule has 0 amide bonds. The summed E-state index contributed by atoms with van der Waals surface area (Å²) in [5, 5.41) is 15.3. The molecule has 0 bridgehead atoms. The highest BCUT2D eigenvalue weighted by Gasteiger charge is 1.96. The van der Waals surface area contributed by atoms with Crippen LogP contribution in [0.1, 0.15) is 31.2 Å². The van der Waals surface area contributed by atoms with Gasteiger partial charge in [-0.3, -0.25) is 9.59 Å². The van der Waals surface area contributed by atoms with Gasteiger partial charge in [-0.05, 0) is 24.8 Å². The Balaban J connectivity index is 0.000000770. The van der Waals surface area contributed by atoms with E-state index in [4.69, 9.17) is 15.0 Å². The smallest absolute Gasteiger partial charge is 0.303 e. The van der Waals surface area contributed by atoms with E-state index in [-0.39, 0.29) is 6.47 Å². The number of rotatable bonds is 6. The summed E-state index contributed by atoms with van der Waals surface area (Å²) in [6.07, 6.45) is 4.23. The number of benzene rings is 1. The molecule has 0 saturated heterocycles. The van der Waals surface area contributed by atoms with Crippen LogP contribution in [0.25, 0.3) is 0 Å². The molecule has 2 N–H and O–H groups in total. The molecule has 0 aliphatic carbocycles. The van der Waals surface area contributed by atoms with Gasteiger partial charge >= 0.3 is 5.97 Å². The predicted molar refractivity (Wildman–Crippen MR) is 64.9 cm³/mol.